The van der Waals surface area contributed by atoms with Crippen LogP contribution in [0.25, 0.3) is 0 Å². The molecule has 0 fully saturated rings. The highest BCUT2D eigenvalue weighted by atomic mass is 19.1. The number of rotatable bonds is 8. The standard InChI is InChI=1S/C26H24F3N3O4/c1-34-18-9-10-23(25(13-18)35-2)30-26(33)32(14-16-7-8-17(27)11-22(16)29)15-19-12-24(31-36-19)20-5-3-4-6-21(20)28/h3-11,13,19H,12,14-15H2,1-2H3,(H,30,33)/t19-/m1/s1. The molecule has 3 aromatic carbocycles. The summed E-state index contributed by atoms with van der Waals surface area (Å²) in [5, 5.41) is 6.73. The predicted molar refractivity (Wildman–Crippen MR) is 128 cm³/mol. The van der Waals surface area contributed by atoms with Crippen LogP contribution >= 0.6 is 0 Å². The molecule has 3 aromatic rings. The van der Waals surface area contributed by atoms with E-state index in [9.17, 15) is 18.0 Å². The van der Waals surface area contributed by atoms with Gasteiger partial charge in [-0.3, -0.25) is 0 Å². The summed E-state index contributed by atoms with van der Waals surface area (Å²) in [6.45, 7) is -0.173. The molecule has 2 amide bonds. The number of anilines is 1. The van der Waals surface area contributed by atoms with Crippen LogP contribution in [0.2, 0.25) is 0 Å². The molecule has 1 aliphatic heterocycles. The molecule has 188 valence electrons. The van der Waals surface area contributed by atoms with Gasteiger partial charge in [0, 0.05) is 29.7 Å². The van der Waals surface area contributed by atoms with Crippen molar-refractivity contribution in [2.45, 2.75) is 19.1 Å². The van der Waals surface area contributed by atoms with Gasteiger partial charge in [0.25, 0.3) is 0 Å². The first-order chi connectivity index (χ1) is 17.4. The smallest absolute Gasteiger partial charge is 0.322 e. The Hall–Kier alpha value is -4.21. The zero-order chi connectivity index (χ0) is 25.7. The third kappa shape index (κ3) is 5.70. The number of urea groups is 1. The lowest BCUT2D eigenvalue weighted by Gasteiger charge is -2.26. The van der Waals surface area contributed by atoms with Crippen LogP contribution in [0, 0.1) is 17.5 Å². The Balaban J connectivity index is 1.54. The molecule has 0 unspecified atom stereocenters. The molecule has 0 saturated heterocycles. The lowest BCUT2D eigenvalue weighted by Crippen LogP contribution is -2.40. The Labute approximate surface area is 206 Å². The van der Waals surface area contributed by atoms with E-state index in [0.29, 0.717) is 28.5 Å². The SMILES string of the molecule is COc1ccc(NC(=O)N(Cc2ccc(F)cc2F)C[C@H]2CC(c3ccccc3F)=NO2)c(OC)c1. The number of carbonyl (C=O) groups is 1. The van der Waals surface area contributed by atoms with Crippen LogP contribution in [0.4, 0.5) is 23.7 Å². The van der Waals surface area contributed by atoms with Crippen LogP contribution < -0.4 is 14.8 Å². The van der Waals surface area contributed by atoms with E-state index >= 15 is 0 Å². The minimum Gasteiger partial charge on any atom is -0.497 e. The Kier molecular flexibility index (Phi) is 7.62. The highest BCUT2D eigenvalue weighted by molar-refractivity contribution is 6.01. The molecule has 1 atom stereocenters. The largest absolute Gasteiger partial charge is 0.497 e. The second-order valence-electron chi connectivity index (χ2n) is 8.06. The maximum atomic E-state index is 14.4. The number of benzene rings is 3. The van der Waals surface area contributed by atoms with Crippen LogP contribution in [-0.4, -0.2) is 43.5 Å². The number of carbonyl (C=O) groups excluding carboxylic acids is 1. The Bertz CT molecular complexity index is 1290. The molecule has 0 spiro atoms. The monoisotopic (exact) mass is 499 g/mol. The predicted octanol–water partition coefficient (Wildman–Crippen LogP) is 5.35. The molecule has 1 aliphatic rings. The average molecular weight is 499 g/mol. The highest BCUT2D eigenvalue weighted by Crippen LogP contribution is 2.30. The van der Waals surface area contributed by atoms with Crippen LogP contribution in [0.3, 0.4) is 0 Å². The third-order valence-electron chi connectivity index (χ3n) is 5.66. The van der Waals surface area contributed by atoms with Gasteiger partial charge in [0.15, 0.2) is 6.10 Å². The molecule has 36 heavy (non-hydrogen) atoms. The van der Waals surface area contributed by atoms with E-state index in [0.717, 1.165) is 12.1 Å². The van der Waals surface area contributed by atoms with E-state index in [1.54, 1.807) is 36.4 Å². The minimum atomic E-state index is -0.787. The number of halogens is 3. The van der Waals surface area contributed by atoms with E-state index in [1.807, 2.05) is 0 Å². The van der Waals surface area contributed by atoms with Crippen LogP contribution in [0.1, 0.15) is 17.5 Å². The summed E-state index contributed by atoms with van der Waals surface area (Å²) in [7, 11) is 2.95. The molecule has 4 rings (SSSR count). The Morgan fingerprint density at radius 3 is 2.58 bits per heavy atom. The second-order valence-corrected chi connectivity index (χ2v) is 8.06. The molecule has 0 aliphatic carbocycles. The number of nitrogens with one attached hydrogen (secondary N) is 1. The highest BCUT2D eigenvalue weighted by Gasteiger charge is 2.29. The molecule has 7 nitrogen and oxygen atoms in total. The van der Waals surface area contributed by atoms with E-state index in [4.69, 9.17) is 14.3 Å². The van der Waals surface area contributed by atoms with E-state index in [2.05, 4.69) is 10.5 Å². The van der Waals surface area contributed by atoms with Crippen molar-refractivity contribution in [3.05, 3.63) is 89.2 Å². The van der Waals surface area contributed by atoms with Gasteiger partial charge in [-0.05, 0) is 24.3 Å². The van der Waals surface area contributed by atoms with Gasteiger partial charge in [0.2, 0.25) is 0 Å². The van der Waals surface area contributed by atoms with Crippen molar-refractivity contribution < 1.29 is 32.3 Å². The van der Waals surface area contributed by atoms with Gasteiger partial charge >= 0.3 is 6.03 Å². The Morgan fingerprint density at radius 1 is 1.06 bits per heavy atom. The number of hydrogen-bond donors (Lipinski definition) is 1. The zero-order valence-electron chi connectivity index (χ0n) is 19.6. The number of nitrogens with zero attached hydrogens (tertiary/aromatic N) is 2. The van der Waals surface area contributed by atoms with E-state index in [-0.39, 0.29) is 25.1 Å². The molecule has 1 N–H and O–H groups in total. The molecule has 10 heteroatoms. The van der Waals surface area contributed by atoms with Gasteiger partial charge < -0.3 is 24.5 Å². The maximum absolute atomic E-state index is 14.4. The van der Waals surface area contributed by atoms with Crippen LogP contribution in [-0.2, 0) is 11.4 Å². The second kappa shape index (κ2) is 11.0. The van der Waals surface area contributed by atoms with Crippen LogP contribution in [0.5, 0.6) is 11.5 Å². The minimum absolute atomic E-state index is 0.00255. The molecule has 0 saturated carbocycles. The van der Waals surface area contributed by atoms with Crippen molar-refractivity contribution in [2.75, 3.05) is 26.1 Å². The van der Waals surface area contributed by atoms with Crippen molar-refractivity contribution in [1.82, 2.24) is 4.90 Å². The summed E-state index contributed by atoms with van der Waals surface area (Å²) in [5.41, 5.74) is 1.19. The maximum Gasteiger partial charge on any atom is 0.322 e. The lowest BCUT2D eigenvalue weighted by molar-refractivity contribution is 0.0606. The van der Waals surface area contributed by atoms with Crippen molar-refractivity contribution >= 4 is 17.4 Å². The summed E-state index contributed by atoms with van der Waals surface area (Å²) in [6.07, 6.45) is -0.366. The van der Waals surface area contributed by atoms with Gasteiger partial charge in [-0.25, -0.2) is 18.0 Å². The van der Waals surface area contributed by atoms with Crippen molar-refractivity contribution in [2.24, 2.45) is 5.16 Å². The van der Waals surface area contributed by atoms with Crippen molar-refractivity contribution in [3.63, 3.8) is 0 Å². The summed E-state index contributed by atoms with van der Waals surface area (Å²) < 4.78 is 52.5. The summed E-state index contributed by atoms with van der Waals surface area (Å²) >= 11 is 0. The fourth-order valence-corrected chi connectivity index (χ4v) is 3.80. The number of methoxy groups -OCH3 is 2. The molecular weight excluding hydrogens is 475 g/mol. The van der Waals surface area contributed by atoms with Gasteiger partial charge in [-0.15, -0.1) is 0 Å². The molecule has 0 aromatic heterocycles. The number of ether oxygens (including phenoxy) is 2. The number of amides is 2. The molecule has 0 bridgehead atoms. The summed E-state index contributed by atoms with van der Waals surface area (Å²) in [4.78, 5) is 20.1. The van der Waals surface area contributed by atoms with Gasteiger partial charge in [0.1, 0.15) is 29.0 Å². The van der Waals surface area contributed by atoms with Crippen molar-refractivity contribution in [1.29, 1.82) is 0 Å². The number of oxime groups is 1. The first-order valence-electron chi connectivity index (χ1n) is 11.1. The summed E-state index contributed by atoms with van der Waals surface area (Å²) in [6, 6.07) is 13.6. The van der Waals surface area contributed by atoms with E-state index in [1.165, 1.54) is 31.3 Å². The zero-order valence-corrected chi connectivity index (χ0v) is 19.6. The fraction of sp³-hybridized carbons (Fsp3) is 0.231. The average Bonchev–Trinajstić information content (AvgIpc) is 3.33. The van der Waals surface area contributed by atoms with Crippen LogP contribution in [0.15, 0.2) is 65.8 Å². The fourth-order valence-electron chi connectivity index (χ4n) is 3.80. The normalized spacial score (nSPS) is 14.6. The van der Waals surface area contributed by atoms with Gasteiger partial charge in [-0.1, -0.05) is 29.4 Å². The first-order valence-corrected chi connectivity index (χ1v) is 11.1. The molecule has 0 radical (unpaired) electrons. The first kappa shape index (κ1) is 24.9. The lowest BCUT2D eigenvalue weighted by atomic mass is 10.0. The number of hydrogen-bond acceptors (Lipinski definition) is 5. The molecule has 1 heterocycles. The third-order valence-corrected chi connectivity index (χ3v) is 5.66. The quantitative estimate of drug-likeness (QED) is 0.454. The Morgan fingerprint density at radius 2 is 1.86 bits per heavy atom. The van der Waals surface area contributed by atoms with Gasteiger partial charge in [0.05, 0.1) is 38.7 Å². The topological polar surface area (TPSA) is 72.4 Å². The van der Waals surface area contributed by atoms with E-state index < -0.39 is 29.6 Å². The van der Waals surface area contributed by atoms with Gasteiger partial charge in [-0.2, -0.15) is 0 Å². The molecular formula is C26H24F3N3O4. The summed E-state index contributed by atoms with van der Waals surface area (Å²) in [5.74, 6) is -1.05. The van der Waals surface area contributed by atoms with Crippen molar-refractivity contribution in [3.8, 4) is 11.5 Å².